The number of rotatable bonds is 5. The standard InChI is InChI=1S/C13H18ClFN2.ClH/c1-13(8-16,10-2-3-10)17-7-9-6-11(15)4-5-12(9)14;/h4-6,10,17H,2-3,7-8,16H2,1H3;1H. The number of hydrogen-bond acceptors (Lipinski definition) is 2. The maximum absolute atomic E-state index is 13.1. The predicted octanol–water partition coefficient (Wildman–Crippen LogP) is 3.12. The van der Waals surface area contributed by atoms with Crippen LogP contribution in [0.15, 0.2) is 18.2 Å². The molecule has 1 aromatic carbocycles. The van der Waals surface area contributed by atoms with Gasteiger partial charge in [-0.25, -0.2) is 4.39 Å². The summed E-state index contributed by atoms with van der Waals surface area (Å²) in [5.41, 5.74) is 6.53. The first-order valence-electron chi connectivity index (χ1n) is 5.94. The molecule has 0 spiro atoms. The van der Waals surface area contributed by atoms with Crippen molar-refractivity contribution in [2.24, 2.45) is 11.7 Å². The van der Waals surface area contributed by atoms with Crippen LogP contribution in [-0.2, 0) is 6.54 Å². The molecule has 2 rings (SSSR count). The van der Waals surface area contributed by atoms with Gasteiger partial charge in [0.2, 0.25) is 0 Å². The summed E-state index contributed by atoms with van der Waals surface area (Å²) >= 11 is 6.03. The third kappa shape index (κ3) is 3.58. The molecule has 0 amide bonds. The Morgan fingerprint density at radius 3 is 2.72 bits per heavy atom. The Labute approximate surface area is 118 Å². The van der Waals surface area contributed by atoms with E-state index in [9.17, 15) is 4.39 Å². The van der Waals surface area contributed by atoms with Crippen molar-refractivity contribution in [3.63, 3.8) is 0 Å². The van der Waals surface area contributed by atoms with E-state index in [-0.39, 0.29) is 23.8 Å². The highest BCUT2D eigenvalue weighted by atomic mass is 35.5. The maximum Gasteiger partial charge on any atom is 0.123 e. The lowest BCUT2D eigenvalue weighted by Gasteiger charge is -2.30. The van der Waals surface area contributed by atoms with Crippen LogP contribution in [0.4, 0.5) is 4.39 Å². The van der Waals surface area contributed by atoms with Gasteiger partial charge in [-0.2, -0.15) is 0 Å². The van der Waals surface area contributed by atoms with Gasteiger partial charge in [-0.05, 0) is 49.4 Å². The molecule has 0 aromatic heterocycles. The summed E-state index contributed by atoms with van der Waals surface area (Å²) in [6.45, 7) is 3.27. The van der Waals surface area contributed by atoms with Crippen LogP contribution in [0.3, 0.4) is 0 Å². The van der Waals surface area contributed by atoms with Crippen molar-refractivity contribution in [3.8, 4) is 0 Å². The second-order valence-corrected chi connectivity index (χ2v) is 5.39. The molecule has 0 saturated heterocycles. The van der Waals surface area contributed by atoms with Gasteiger partial charge >= 0.3 is 0 Å². The fraction of sp³-hybridized carbons (Fsp3) is 0.538. The first-order valence-corrected chi connectivity index (χ1v) is 6.32. The second kappa shape index (κ2) is 6.20. The van der Waals surface area contributed by atoms with E-state index in [0.717, 1.165) is 5.56 Å². The van der Waals surface area contributed by atoms with Crippen LogP contribution in [0.1, 0.15) is 25.3 Å². The summed E-state index contributed by atoms with van der Waals surface area (Å²) in [6.07, 6.45) is 2.44. The lowest BCUT2D eigenvalue weighted by atomic mass is 9.95. The van der Waals surface area contributed by atoms with Crippen molar-refractivity contribution in [1.82, 2.24) is 5.32 Å². The number of benzene rings is 1. The molecule has 1 unspecified atom stereocenters. The Bertz CT molecular complexity index is 410. The average Bonchev–Trinajstić information content (AvgIpc) is 3.14. The zero-order valence-electron chi connectivity index (χ0n) is 10.4. The van der Waals surface area contributed by atoms with Gasteiger partial charge in [0, 0.05) is 23.7 Å². The van der Waals surface area contributed by atoms with E-state index >= 15 is 0 Å². The van der Waals surface area contributed by atoms with Gasteiger partial charge in [-0.1, -0.05) is 11.6 Å². The minimum atomic E-state index is -0.257. The number of nitrogens with two attached hydrogens (primary N) is 1. The summed E-state index contributed by atoms with van der Waals surface area (Å²) in [7, 11) is 0. The first kappa shape index (κ1) is 15.7. The Kier molecular flexibility index (Phi) is 5.41. The third-order valence-electron chi connectivity index (χ3n) is 3.59. The van der Waals surface area contributed by atoms with Crippen LogP contribution in [0, 0.1) is 11.7 Å². The molecule has 0 heterocycles. The third-order valence-corrected chi connectivity index (χ3v) is 3.96. The monoisotopic (exact) mass is 292 g/mol. The van der Waals surface area contributed by atoms with Crippen molar-refractivity contribution >= 4 is 24.0 Å². The van der Waals surface area contributed by atoms with Gasteiger partial charge in [-0.15, -0.1) is 12.4 Å². The Hall–Kier alpha value is -0.350. The maximum atomic E-state index is 13.1. The molecular formula is C13H19Cl2FN2. The SMILES string of the molecule is CC(CN)(NCc1cc(F)ccc1Cl)C1CC1.Cl. The first-order chi connectivity index (χ1) is 8.05. The summed E-state index contributed by atoms with van der Waals surface area (Å²) in [5, 5.41) is 4.01. The molecular weight excluding hydrogens is 274 g/mol. The van der Waals surface area contributed by atoms with Gasteiger partial charge in [0.1, 0.15) is 5.82 Å². The van der Waals surface area contributed by atoms with Gasteiger partial charge in [-0.3, -0.25) is 0 Å². The zero-order valence-corrected chi connectivity index (χ0v) is 12.0. The topological polar surface area (TPSA) is 38.0 Å². The van der Waals surface area contributed by atoms with E-state index < -0.39 is 0 Å². The molecule has 1 saturated carbocycles. The minimum Gasteiger partial charge on any atom is -0.329 e. The number of halogens is 3. The number of hydrogen-bond donors (Lipinski definition) is 2. The van der Waals surface area contributed by atoms with E-state index in [0.29, 0.717) is 24.0 Å². The largest absolute Gasteiger partial charge is 0.329 e. The van der Waals surface area contributed by atoms with Crippen molar-refractivity contribution in [3.05, 3.63) is 34.6 Å². The molecule has 0 bridgehead atoms. The highest BCUT2D eigenvalue weighted by molar-refractivity contribution is 6.31. The van der Waals surface area contributed by atoms with Gasteiger partial charge in [0.05, 0.1) is 0 Å². The summed E-state index contributed by atoms with van der Waals surface area (Å²) in [4.78, 5) is 0. The molecule has 0 aliphatic heterocycles. The van der Waals surface area contributed by atoms with Crippen LogP contribution in [0.25, 0.3) is 0 Å². The van der Waals surface area contributed by atoms with E-state index in [2.05, 4.69) is 12.2 Å². The van der Waals surface area contributed by atoms with Crippen molar-refractivity contribution in [2.45, 2.75) is 31.8 Å². The minimum absolute atomic E-state index is 0. The summed E-state index contributed by atoms with van der Waals surface area (Å²) in [5.74, 6) is 0.381. The van der Waals surface area contributed by atoms with E-state index in [1.807, 2.05) is 0 Å². The van der Waals surface area contributed by atoms with E-state index in [4.69, 9.17) is 17.3 Å². The van der Waals surface area contributed by atoms with Crippen LogP contribution in [0.5, 0.6) is 0 Å². The average molecular weight is 293 g/mol. The van der Waals surface area contributed by atoms with Gasteiger partial charge < -0.3 is 11.1 Å². The summed E-state index contributed by atoms with van der Waals surface area (Å²) in [6, 6.07) is 4.43. The normalized spacial score (nSPS) is 18.0. The smallest absolute Gasteiger partial charge is 0.123 e. The van der Waals surface area contributed by atoms with Crippen LogP contribution in [-0.4, -0.2) is 12.1 Å². The molecule has 1 aliphatic carbocycles. The molecule has 18 heavy (non-hydrogen) atoms. The van der Waals surface area contributed by atoms with Gasteiger partial charge in [0.25, 0.3) is 0 Å². The van der Waals surface area contributed by atoms with E-state index in [1.54, 1.807) is 6.07 Å². The molecule has 102 valence electrons. The van der Waals surface area contributed by atoms with Crippen LogP contribution in [0.2, 0.25) is 5.02 Å². The lowest BCUT2D eigenvalue weighted by molar-refractivity contribution is 0.317. The Balaban J connectivity index is 0.00000162. The Morgan fingerprint density at radius 2 is 2.17 bits per heavy atom. The second-order valence-electron chi connectivity index (χ2n) is 4.99. The van der Waals surface area contributed by atoms with Crippen molar-refractivity contribution in [1.29, 1.82) is 0 Å². The highest BCUT2D eigenvalue weighted by Gasteiger charge is 2.39. The molecule has 1 atom stereocenters. The fourth-order valence-corrected chi connectivity index (χ4v) is 2.26. The Morgan fingerprint density at radius 1 is 1.50 bits per heavy atom. The molecule has 1 fully saturated rings. The lowest BCUT2D eigenvalue weighted by Crippen LogP contribution is -2.50. The molecule has 3 N–H and O–H groups in total. The van der Waals surface area contributed by atoms with Crippen LogP contribution < -0.4 is 11.1 Å². The van der Waals surface area contributed by atoms with Crippen molar-refractivity contribution < 1.29 is 4.39 Å². The molecule has 1 aromatic rings. The molecule has 1 aliphatic rings. The van der Waals surface area contributed by atoms with Crippen molar-refractivity contribution in [2.75, 3.05) is 6.54 Å². The zero-order chi connectivity index (χ0) is 12.5. The molecule has 0 radical (unpaired) electrons. The van der Waals surface area contributed by atoms with Gasteiger partial charge in [0.15, 0.2) is 0 Å². The van der Waals surface area contributed by atoms with Crippen LogP contribution >= 0.6 is 24.0 Å². The molecule has 5 heteroatoms. The van der Waals surface area contributed by atoms with E-state index in [1.165, 1.54) is 25.0 Å². The highest BCUT2D eigenvalue weighted by Crippen LogP contribution is 2.39. The predicted molar refractivity (Wildman–Crippen MR) is 75.7 cm³/mol. The summed E-state index contributed by atoms with van der Waals surface area (Å²) < 4.78 is 13.1. The quantitative estimate of drug-likeness (QED) is 0.875. The number of nitrogens with one attached hydrogen (secondary N) is 1. The fourth-order valence-electron chi connectivity index (χ4n) is 2.08. The molecule has 2 nitrogen and oxygen atoms in total.